The van der Waals surface area contributed by atoms with E-state index in [4.69, 9.17) is 15.2 Å². The topological polar surface area (TPSA) is 81.8 Å². The molecule has 0 aliphatic heterocycles. The van der Waals surface area contributed by atoms with Gasteiger partial charge in [-0.3, -0.25) is 4.79 Å². The van der Waals surface area contributed by atoms with Crippen molar-refractivity contribution in [2.45, 2.75) is 0 Å². The molecule has 0 aliphatic rings. The number of phenols is 1. The predicted molar refractivity (Wildman–Crippen MR) is 59.4 cm³/mol. The van der Waals surface area contributed by atoms with Crippen molar-refractivity contribution in [2.24, 2.45) is 5.73 Å². The van der Waals surface area contributed by atoms with Crippen molar-refractivity contribution in [3.63, 3.8) is 0 Å². The van der Waals surface area contributed by atoms with Crippen LogP contribution in [0.5, 0.6) is 17.2 Å². The first-order valence-electron chi connectivity index (χ1n) is 4.51. The van der Waals surface area contributed by atoms with Crippen LogP contribution in [-0.2, 0) is 4.79 Å². The van der Waals surface area contributed by atoms with Crippen LogP contribution in [0.1, 0.15) is 5.56 Å². The van der Waals surface area contributed by atoms with Crippen molar-refractivity contribution in [3.05, 3.63) is 23.8 Å². The quantitative estimate of drug-likeness (QED) is 0.743. The highest BCUT2D eigenvalue weighted by Gasteiger charge is 2.09. The number of carbonyl (C=O) groups is 1. The summed E-state index contributed by atoms with van der Waals surface area (Å²) >= 11 is 0. The average molecular weight is 223 g/mol. The number of hydrogen-bond acceptors (Lipinski definition) is 4. The summed E-state index contributed by atoms with van der Waals surface area (Å²) in [6.45, 7) is 0. The molecule has 0 radical (unpaired) electrons. The maximum Gasteiger partial charge on any atom is 0.241 e. The molecule has 16 heavy (non-hydrogen) atoms. The maximum absolute atomic E-state index is 10.6. The number of carbonyl (C=O) groups excluding carboxylic acids is 1. The van der Waals surface area contributed by atoms with Gasteiger partial charge in [0.1, 0.15) is 17.2 Å². The summed E-state index contributed by atoms with van der Waals surface area (Å²) in [5, 5.41) is 9.68. The lowest BCUT2D eigenvalue weighted by molar-refractivity contribution is -0.113. The van der Waals surface area contributed by atoms with Gasteiger partial charge in [0.05, 0.1) is 19.8 Å². The van der Waals surface area contributed by atoms with Crippen LogP contribution >= 0.6 is 0 Å². The second-order valence-electron chi connectivity index (χ2n) is 3.00. The van der Waals surface area contributed by atoms with E-state index < -0.39 is 5.91 Å². The summed E-state index contributed by atoms with van der Waals surface area (Å²) in [6, 6.07) is 3.02. The maximum atomic E-state index is 10.6. The van der Waals surface area contributed by atoms with Crippen molar-refractivity contribution < 1.29 is 19.4 Å². The molecule has 5 heteroatoms. The zero-order valence-electron chi connectivity index (χ0n) is 9.06. The average Bonchev–Trinajstić information content (AvgIpc) is 2.26. The van der Waals surface area contributed by atoms with E-state index in [1.54, 1.807) is 6.07 Å². The van der Waals surface area contributed by atoms with E-state index in [9.17, 15) is 9.90 Å². The second-order valence-corrected chi connectivity index (χ2v) is 3.00. The lowest BCUT2D eigenvalue weighted by atomic mass is 10.1. The smallest absolute Gasteiger partial charge is 0.241 e. The van der Waals surface area contributed by atoms with Crippen LogP contribution < -0.4 is 15.2 Å². The molecule has 0 fully saturated rings. The van der Waals surface area contributed by atoms with Gasteiger partial charge in [0.2, 0.25) is 5.91 Å². The standard InChI is InChI=1S/C11H13NO4/c1-15-7-5-9(13)8(3-4-11(12)14)10(6-7)16-2/h3-6,13H,1-2H3,(H2,12,14)/b4-3+. The third-order valence-corrected chi connectivity index (χ3v) is 1.96. The molecule has 0 saturated carbocycles. The Hall–Kier alpha value is -2.17. The van der Waals surface area contributed by atoms with Gasteiger partial charge in [-0.25, -0.2) is 0 Å². The number of methoxy groups -OCH3 is 2. The highest BCUT2D eigenvalue weighted by molar-refractivity contribution is 5.91. The first-order valence-corrected chi connectivity index (χ1v) is 4.51. The van der Waals surface area contributed by atoms with Crippen LogP contribution in [0.3, 0.4) is 0 Å². The van der Waals surface area contributed by atoms with Crippen molar-refractivity contribution >= 4 is 12.0 Å². The summed E-state index contributed by atoms with van der Waals surface area (Å²) in [6.07, 6.45) is 2.53. The number of phenolic OH excluding ortho intramolecular Hbond substituents is 1. The Labute approximate surface area is 93.1 Å². The molecule has 0 heterocycles. The van der Waals surface area contributed by atoms with Gasteiger partial charge in [0, 0.05) is 18.2 Å². The number of ether oxygens (including phenoxy) is 2. The van der Waals surface area contributed by atoms with Gasteiger partial charge in [0.15, 0.2) is 0 Å². The fourth-order valence-corrected chi connectivity index (χ4v) is 1.21. The van der Waals surface area contributed by atoms with Crippen molar-refractivity contribution in [2.75, 3.05) is 14.2 Å². The molecule has 0 aliphatic carbocycles. The fourth-order valence-electron chi connectivity index (χ4n) is 1.21. The monoisotopic (exact) mass is 223 g/mol. The summed E-state index contributed by atoms with van der Waals surface area (Å²) < 4.78 is 10.0. The molecule has 0 spiro atoms. The molecule has 1 amide bonds. The van der Waals surface area contributed by atoms with Gasteiger partial charge in [-0.15, -0.1) is 0 Å². The molecule has 1 aromatic carbocycles. The number of nitrogens with two attached hydrogens (primary N) is 1. The van der Waals surface area contributed by atoms with E-state index in [0.29, 0.717) is 17.1 Å². The summed E-state index contributed by atoms with van der Waals surface area (Å²) in [5.74, 6) is 0.214. The fraction of sp³-hybridized carbons (Fsp3) is 0.182. The lowest BCUT2D eigenvalue weighted by Gasteiger charge is -2.09. The summed E-state index contributed by atoms with van der Waals surface area (Å²) in [7, 11) is 2.93. The number of rotatable bonds is 4. The van der Waals surface area contributed by atoms with Crippen LogP contribution in [-0.4, -0.2) is 25.2 Å². The summed E-state index contributed by atoms with van der Waals surface area (Å²) in [4.78, 5) is 10.6. The minimum absolute atomic E-state index is 0.0475. The molecule has 0 atom stereocenters. The molecule has 1 rings (SSSR count). The molecule has 86 valence electrons. The molecular weight excluding hydrogens is 210 g/mol. The molecule has 1 aromatic rings. The van der Waals surface area contributed by atoms with E-state index in [-0.39, 0.29) is 5.75 Å². The Morgan fingerprint density at radius 1 is 1.38 bits per heavy atom. The first kappa shape index (κ1) is 11.9. The van der Waals surface area contributed by atoms with E-state index in [1.165, 1.54) is 26.4 Å². The van der Waals surface area contributed by atoms with Gasteiger partial charge in [-0.05, 0) is 6.08 Å². The van der Waals surface area contributed by atoms with Gasteiger partial charge in [0.25, 0.3) is 0 Å². The number of amides is 1. The molecule has 0 unspecified atom stereocenters. The zero-order chi connectivity index (χ0) is 12.1. The van der Waals surface area contributed by atoms with Crippen molar-refractivity contribution in [1.82, 2.24) is 0 Å². The minimum atomic E-state index is -0.600. The van der Waals surface area contributed by atoms with Gasteiger partial charge < -0.3 is 20.3 Å². The SMILES string of the molecule is COc1cc(O)c(/C=C/C(N)=O)c(OC)c1. The van der Waals surface area contributed by atoms with Gasteiger partial charge in [-0.2, -0.15) is 0 Å². The largest absolute Gasteiger partial charge is 0.507 e. The Morgan fingerprint density at radius 3 is 2.56 bits per heavy atom. The second kappa shape index (κ2) is 5.06. The van der Waals surface area contributed by atoms with E-state index in [2.05, 4.69) is 0 Å². The highest BCUT2D eigenvalue weighted by atomic mass is 16.5. The van der Waals surface area contributed by atoms with Crippen LogP contribution in [0, 0.1) is 0 Å². The third kappa shape index (κ3) is 2.66. The number of primary amides is 1. The lowest BCUT2D eigenvalue weighted by Crippen LogP contribution is -2.05. The van der Waals surface area contributed by atoms with Crippen LogP contribution in [0.2, 0.25) is 0 Å². The Balaban J connectivity index is 3.21. The normalized spacial score (nSPS) is 10.4. The van der Waals surface area contributed by atoms with Crippen LogP contribution in [0.15, 0.2) is 18.2 Å². The Bertz CT molecular complexity index is 426. The first-order chi connectivity index (χ1) is 7.58. The van der Waals surface area contributed by atoms with E-state index in [0.717, 1.165) is 6.08 Å². The number of hydrogen-bond donors (Lipinski definition) is 2. The van der Waals surface area contributed by atoms with Gasteiger partial charge in [-0.1, -0.05) is 0 Å². The number of aromatic hydroxyl groups is 1. The molecule has 0 bridgehead atoms. The number of benzene rings is 1. The van der Waals surface area contributed by atoms with Crippen molar-refractivity contribution in [1.29, 1.82) is 0 Å². The molecule has 3 N–H and O–H groups in total. The van der Waals surface area contributed by atoms with Crippen LogP contribution in [0.4, 0.5) is 0 Å². The van der Waals surface area contributed by atoms with E-state index in [1.807, 2.05) is 0 Å². The molecule has 0 aromatic heterocycles. The minimum Gasteiger partial charge on any atom is -0.507 e. The Kier molecular flexibility index (Phi) is 3.77. The Morgan fingerprint density at radius 2 is 2.06 bits per heavy atom. The van der Waals surface area contributed by atoms with E-state index >= 15 is 0 Å². The molecular formula is C11H13NO4. The third-order valence-electron chi connectivity index (χ3n) is 1.96. The van der Waals surface area contributed by atoms with Gasteiger partial charge >= 0.3 is 0 Å². The predicted octanol–water partition coefficient (Wildman–Crippen LogP) is 0.908. The van der Waals surface area contributed by atoms with Crippen LogP contribution in [0.25, 0.3) is 6.08 Å². The van der Waals surface area contributed by atoms with Crippen molar-refractivity contribution in [3.8, 4) is 17.2 Å². The highest BCUT2D eigenvalue weighted by Crippen LogP contribution is 2.34. The molecule has 0 saturated heterocycles. The molecule has 5 nitrogen and oxygen atoms in total. The zero-order valence-corrected chi connectivity index (χ0v) is 9.06. The summed E-state index contributed by atoms with van der Waals surface area (Å²) in [5.41, 5.74) is 5.34.